The number of nitrogens with two attached hydrogens (primary N) is 1. The van der Waals surface area contributed by atoms with Crippen LogP contribution in [0, 0.1) is 11.7 Å². The molecule has 2 amide bonds. The minimum atomic E-state index is -0.690. The first-order chi connectivity index (χ1) is 17.4. The number of carbonyl (C=O) groups excluding carboxylic acids is 2. The number of benzene rings is 2. The molecule has 0 radical (unpaired) electrons. The molecule has 0 spiro atoms. The van der Waals surface area contributed by atoms with Crippen LogP contribution in [0.25, 0.3) is 11.4 Å². The van der Waals surface area contributed by atoms with E-state index in [2.05, 4.69) is 25.4 Å². The van der Waals surface area contributed by atoms with E-state index in [-0.39, 0.29) is 23.3 Å². The van der Waals surface area contributed by atoms with Crippen LogP contribution in [0.15, 0.2) is 61.2 Å². The van der Waals surface area contributed by atoms with Crippen LogP contribution >= 0.6 is 0 Å². The highest BCUT2D eigenvalue weighted by Crippen LogP contribution is 2.30. The molecular formula is C25H22FN7O3. The number of nitrogens with one attached hydrogen (secondary N) is 1. The Hall–Kier alpha value is -4.67. The van der Waals surface area contributed by atoms with Gasteiger partial charge in [0, 0.05) is 30.1 Å². The van der Waals surface area contributed by atoms with Gasteiger partial charge in [0.15, 0.2) is 5.82 Å². The summed E-state index contributed by atoms with van der Waals surface area (Å²) in [4.78, 5) is 37.2. The quantitative estimate of drug-likeness (QED) is 0.389. The van der Waals surface area contributed by atoms with Gasteiger partial charge in [-0.1, -0.05) is 0 Å². The van der Waals surface area contributed by atoms with Crippen molar-refractivity contribution in [2.45, 2.75) is 19.4 Å². The molecule has 3 N–H and O–H groups in total. The lowest BCUT2D eigenvalue weighted by Gasteiger charge is -2.14. The molecule has 3 heterocycles. The minimum absolute atomic E-state index is 0.0371. The molecule has 5 rings (SSSR count). The maximum Gasteiger partial charge on any atom is 0.267 e. The van der Waals surface area contributed by atoms with E-state index in [1.165, 1.54) is 36.7 Å². The number of amides is 2. The number of hydrogen-bond acceptors (Lipinski definition) is 7. The molecule has 182 valence electrons. The zero-order valence-electron chi connectivity index (χ0n) is 19.1. The number of nitrogens with zero attached hydrogens (tertiary/aromatic N) is 5. The topological polar surface area (TPSA) is 138 Å². The van der Waals surface area contributed by atoms with Gasteiger partial charge in [-0.05, 0) is 60.5 Å². The summed E-state index contributed by atoms with van der Waals surface area (Å²) >= 11 is 0. The van der Waals surface area contributed by atoms with Crippen LogP contribution < -0.4 is 15.8 Å². The molecular weight excluding hydrogens is 465 g/mol. The van der Waals surface area contributed by atoms with Gasteiger partial charge < -0.3 is 15.8 Å². The van der Waals surface area contributed by atoms with Crippen LogP contribution in [0.1, 0.15) is 28.2 Å². The normalized spacial score (nSPS) is 15.0. The molecule has 0 bridgehead atoms. The maximum atomic E-state index is 13.3. The Bertz CT molecular complexity index is 1410. The fourth-order valence-corrected chi connectivity index (χ4v) is 4.05. The van der Waals surface area contributed by atoms with Crippen molar-refractivity contribution >= 4 is 11.8 Å². The second-order valence-electron chi connectivity index (χ2n) is 8.38. The van der Waals surface area contributed by atoms with Gasteiger partial charge in [-0.15, -0.1) is 0 Å². The van der Waals surface area contributed by atoms with Crippen molar-refractivity contribution in [3.05, 3.63) is 84.0 Å². The van der Waals surface area contributed by atoms with Crippen molar-refractivity contribution in [3.8, 4) is 22.9 Å². The molecule has 1 unspecified atom stereocenters. The molecule has 1 fully saturated rings. The summed E-state index contributed by atoms with van der Waals surface area (Å²) in [6, 6.07) is 12.5. The average Bonchev–Trinajstić information content (AvgIpc) is 3.52. The summed E-state index contributed by atoms with van der Waals surface area (Å²) in [5.41, 5.74) is 7.55. The molecule has 1 saturated heterocycles. The molecule has 1 aliphatic heterocycles. The summed E-state index contributed by atoms with van der Waals surface area (Å²) in [5.74, 6) is -0.0381. The van der Waals surface area contributed by atoms with E-state index in [1.54, 1.807) is 29.2 Å². The van der Waals surface area contributed by atoms with Crippen molar-refractivity contribution in [3.63, 3.8) is 0 Å². The van der Waals surface area contributed by atoms with E-state index in [9.17, 15) is 14.0 Å². The highest BCUT2D eigenvalue weighted by Gasteiger charge is 2.26. The lowest BCUT2D eigenvalue weighted by Crippen LogP contribution is -2.21. The van der Waals surface area contributed by atoms with Crippen LogP contribution in [0.4, 0.5) is 4.39 Å². The van der Waals surface area contributed by atoms with Crippen molar-refractivity contribution < 1.29 is 18.7 Å². The molecule has 10 nitrogen and oxygen atoms in total. The Balaban J connectivity index is 1.54. The number of aromatic nitrogens is 5. The predicted octanol–water partition coefficient (Wildman–Crippen LogP) is 2.49. The standard InChI is InChI=1S/C25H22FN7O3/c26-17-1-3-19(4-2-17)36-20-5-6-21(16(10-20)12-33-14-28-13-30-33)24-31-18(11-22(32-24)23(27)34)9-15-7-8-29-25(15)35/h1-6,10-11,13-15H,7-9,12H2,(H2,27,34)(H,29,35). The number of rotatable bonds is 8. The van der Waals surface area contributed by atoms with E-state index >= 15 is 0 Å². The van der Waals surface area contributed by atoms with Crippen molar-refractivity contribution in [2.24, 2.45) is 11.7 Å². The summed E-state index contributed by atoms with van der Waals surface area (Å²) in [5, 5.41) is 6.99. The summed E-state index contributed by atoms with van der Waals surface area (Å²) in [6.45, 7) is 0.933. The van der Waals surface area contributed by atoms with Gasteiger partial charge in [0.05, 0.1) is 6.54 Å². The molecule has 4 aromatic rings. The monoisotopic (exact) mass is 487 g/mol. The first kappa shape index (κ1) is 23.1. The number of carbonyl (C=O) groups is 2. The van der Waals surface area contributed by atoms with Crippen LogP contribution in [-0.2, 0) is 17.8 Å². The molecule has 0 saturated carbocycles. The van der Waals surface area contributed by atoms with Crippen LogP contribution in [0.2, 0.25) is 0 Å². The van der Waals surface area contributed by atoms with Crippen LogP contribution in [-0.4, -0.2) is 43.1 Å². The van der Waals surface area contributed by atoms with Gasteiger partial charge >= 0.3 is 0 Å². The Morgan fingerprint density at radius 1 is 1.14 bits per heavy atom. The lowest BCUT2D eigenvalue weighted by molar-refractivity contribution is -0.122. The first-order valence-electron chi connectivity index (χ1n) is 11.3. The van der Waals surface area contributed by atoms with Crippen molar-refractivity contribution in [1.29, 1.82) is 0 Å². The van der Waals surface area contributed by atoms with E-state index in [1.807, 2.05) is 0 Å². The molecule has 36 heavy (non-hydrogen) atoms. The van der Waals surface area contributed by atoms with E-state index in [0.717, 1.165) is 5.56 Å². The van der Waals surface area contributed by atoms with Crippen LogP contribution in [0.5, 0.6) is 11.5 Å². The number of primary amides is 1. The molecule has 1 atom stereocenters. The fraction of sp³-hybridized carbons (Fsp3) is 0.200. The summed E-state index contributed by atoms with van der Waals surface area (Å²) in [7, 11) is 0. The molecule has 2 aromatic heterocycles. The number of ether oxygens (including phenoxy) is 1. The van der Waals surface area contributed by atoms with Gasteiger partial charge in [-0.3, -0.25) is 9.59 Å². The number of halogens is 1. The summed E-state index contributed by atoms with van der Waals surface area (Å²) in [6.07, 6.45) is 4.05. The maximum absolute atomic E-state index is 13.3. The van der Waals surface area contributed by atoms with Crippen molar-refractivity contribution in [1.82, 2.24) is 30.0 Å². The zero-order valence-corrected chi connectivity index (χ0v) is 19.1. The molecule has 2 aromatic carbocycles. The van der Waals surface area contributed by atoms with E-state index < -0.39 is 5.91 Å². The van der Waals surface area contributed by atoms with Gasteiger partial charge in [0.2, 0.25) is 5.91 Å². The van der Waals surface area contributed by atoms with Crippen molar-refractivity contribution in [2.75, 3.05) is 6.54 Å². The predicted molar refractivity (Wildman–Crippen MR) is 126 cm³/mol. The van der Waals surface area contributed by atoms with Gasteiger partial charge in [-0.25, -0.2) is 24.0 Å². The molecule has 11 heteroatoms. The van der Waals surface area contributed by atoms with Gasteiger partial charge in [-0.2, -0.15) is 5.10 Å². The van der Waals surface area contributed by atoms with E-state index in [0.29, 0.717) is 54.5 Å². The highest BCUT2D eigenvalue weighted by molar-refractivity contribution is 5.91. The minimum Gasteiger partial charge on any atom is -0.457 e. The Morgan fingerprint density at radius 2 is 1.94 bits per heavy atom. The van der Waals surface area contributed by atoms with Gasteiger partial charge in [0.1, 0.15) is 35.7 Å². The summed E-state index contributed by atoms with van der Waals surface area (Å²) < 4.78 is 20.8. The average molecular weight is 487 g/mol. The fourth-order valence-electron chi connectivity index (χ4n) is 4.05. The largest absolute Gasteiger partial charge is 0.457 e. The Labute approximate surface area is 205 Å². The van der Waals surface area contributed by atoms with Gasteiger partial charge in [0.25, 0.3) is 5.91 Å². The zero-order chi connectivity index (χ0) is 25.1. The lowest BCUT2D eigenvalue weighted by atomic mass is 10.0. The Morgan fingerprint density at radius 3 is 2.64 bits per heavy atom. The highest BCUT2D eigenvalue weighted by atomic mass is 19.1. The smallest absolute Gasteiger partial charge is 0.267 e. The molecule has 1 aliphatic rings. The SMILES string of the molecule is NC(=O)c1cc(CC2CCNC2=O)nc(-c2ccc(Oc3ccc(F)cc3)cc2Cn2cncn2)n1. The third kappa shape index (κ3) is 5.19. The molecule has 0 aliphatic carbocycles. The first-order valence-corrected chi connectivity index (χ1v) is 11.3. The Kier molecular flexibility index (Phi) is 6.35. The second kappa shape index (κ2) is 9.90. The third-order valence-corrected chi connectivity index (χ3v) is 5.82. The van der Waals surface area contributed by atoms with Crippen LogP contribution in [0.3, 0.4) is 0 Å². The van der Waals surface area contributed by atoms with E-state index in [4.69, 9.17) is 10.5 Å². The number of hydrogen-bond donors (Lipinski definition) is 2. The second-order valence-corrected chi connectivity index (χ2v) is 8.38. The third-order valence-electron chi connectivity index (χ3n) is 5.82.